The number of methoxy groups -OCH3 is 1. The van der Waals surface area contributed by atoms with Crippen molar-refractivity contribution in [3.8, 4) is 5.69 Å². The van der Waals surface area contributed by atoms with E-state index in [9.17, 15) is 19.7 Å². The number of rotatable bonds is 3. The highest BCUT2D eigenvalue weighted by atomic mass is 16.6. The summed E-state index contributed by atoms with van der Waals surface area (Å²) in [5, 5.41) is 23.1. The highest BCUT2D eigenvalue weighted by Gasteiger charge is 2.20. The Morgan fingerprint density at radius 1 is 1.22 bits per heavy atom. The zero-order chi connectivity index (χ0) is 19.1. The number of hydrogen-bond acceptors (Lipinski definition) is 8. The van der Waals surface area contributed by atoms with Gasteiger partial charge in [0.2, 0.25) is 0 Å². The molecule has 1 aromatic carbocycles. The molecule has 0 unspecified atom stereocenters. The van der Waals surface area contributed by atoms with Gasteiger partial charge in [0, 0.05) is 12.3 Å². The van der Waals surface area contributed by atoms with Crippen LogP contribution in [0.2, 0.25) is 0 Å². The van der Waals surface area contributed by atoms with E-state index in [0.29, 0.717) is 5.52 Å². The van der Waals surface area contributed by atoms with Gasteiger partial charge < -0.3 is 4.74 Å². The Balaban J connectivity index is 1.99. The quantitative estimate of drug-likeness (QED) is 0.299. The van der Waals surface area contributed by atoms with E-state index in [2.05, 4.69) is 20.0 Å². The number of carbonyl (C=O) groups excluding carboxylic acids is 1. The van der Waals surface area contributed by atoms with Gasteiger partial charge in [0.05, 0.1) is 18.2 Å². The van der Waals surface area contributed by atoms with Gasteiger partial charge in [-0.3, -0.25) is 19.5 Å². The molecule has 0 amide bonds. The number of hydrogen-bond donors (Lipinski definition) is 0. The van der Waals surface area contributed by atoms with E-state index >= 15 is 0 Å². The molecule has 0 aliphatic rings. The van der Waals surface area contributed by atoms with Crippen LogP contribution in [0, 0.1) is 10.1 Å². The van der Waals surface area contributed by atoms with Gasteiger partial charge in [0.1, 0.15) is 16.8 Å². The Kier molecular flexibility index (Phi) is 3.62. The van der Waals surface area contributed by atoms with Crippen LogP contribution in [0.25, 0.3) is 22.4 Å². The molecule has 0 aliphatic heterocycles. The fraction of sp³-hybridized carbons (Fsp3) is 0.0625. The molecule has 0 N–H and O–H groups in total. The lowest BCUT2D eigenvalue weighted by Crippen LogP contribution is -2.21. The second-order valence-corrected chi connectivity index (χ2v) is 5.46. The summed E-state index contributed by atoms with van der Waals surface area (Å²) in [4.78, 5) is 35.3. The number of aromatic nitrogens is 5. The highest BCUT2D eigenvalue weighted by Crippen LogP contribution is 2.22. The molecule has 11 nitrogen and oxygen atoms in total. The van der Waals surface area contributed by atoms with Crippen molar-refractivity contribution in [1.29, 1.82) is 0 Å². The molecule has 0 radical (unpaired) electrons. The fourth-order valence-electron chi connectivity index (χ4n) is 2.76. The summed E-state index contributed by atoms with van der Waals surface area (Å²) in [5.41, 5.74) is -0.233. The Morgan fingerprint density at radius 3 is 2.74 bits per heavy atom. The van der Waals surface area contributed by atoms with Crippen LogP contribution in [0.3, 0.4) is 0 Å². The van der Waals surface area contributed by atoms with E-state index < -0.39 is 16.5 Å². The maximum absolute atomic E-state index is 12.8. The third-order valence-electron chi connectivity index (χ3n) is 4.01. The minimum atomic E-state index is -0.632. The third-order valence-corrected chi connectivity index (χ3v) is 4.01. The van der Waals surface area contributed by atoms with E-state index in [1.54, 1.807) is 6.07 Å². The molecule has 11 heteroatoms. The maximum atomic E-state index is 12.8. The van der Waals surface area contributed by atoms with Crippen molar-refractivity contribution in [1.82, 2.24) is 24.4 Å². The topological polar surface area (TPSA) is 135 Å². The first-order valence-electron chi connectivity index (χ1n) is 7.61. The van der Waals surface area contributed by atoms with Crippen molar-refractivity contribution in [2.45, 2.75) is 0 Å². The van der Waals surface area contributed by atoms with Crippen molar-refractivity contribution in [3.05, 3.63) is 68.8 Å². The van der Waals surface area contributed by atoms with Crippen LogP contribution in [0.15, 0.2) is 47.5 Å². The summed E-state index contributed by atoms with van der Waals surface area (Å²) in [6.45, 7) is 0. The lowest BCUT2D eigenvalue weighted by atomic mass is 10.2. The van der Waals surface area contributed by atoms with Gasteiger partial charge in [-0.15, -0.1) is 10.2 Å². The number of nitrogens with zero attached hydrogens (tertiary/aromatic N) is 6. The molecule has 3 heterocycles. The SMILES string of the molecule is COC(=O)c1cnn2c1nnc1c(=O)n(-c3ccccc3[N+](=O)[O-])ccc12. The van der Waals surface area contributed by atoms with Crippen LogP contribution < -0.4 is 5.56 Å². The van der Waals surface area contributed by atoms with Crippen LogP contribution in [0.4, 0.5) is 5.69 Å². The average molecular weight is 366 g/mol. The van der Waals surface area contributed by atoms with Crippen LogP contribution >= 0.6 is 0 Å². The van der Waals surface area contributed by atoms with Crippen molar-refractivity contribution in [2.75, 3.05) is 7.11 Å². The molecule has 3 aromatic heterocycles. The fourth-order valence-corrected chi connectivity index (χ4v) is 2.76. The summed E-state index contributed by atoms with van der Waals surface area (Å²) in [6.07, 6.45) is 2.65. The van der Waals surface area contributed by atoms with Gasteiger partial charge >= 0.3 is 5.97 Å². The minimum Gasteiger partial charge on any atom is -0.465 e. The Hall–Kier alpha value is -4.15. The lowest BCUT2D eigenvalue weighted by Gasteiger charge is -2.07. The second-order valence-electron chi connectivity index (χ2n) is 5.46. The minimum absolute atomic E-state index is 0.0531. The van der Waals surface area contributed by atoms with Crippen molar-refractivity contribution >= 4 is 28.3 Å². The predicted octanol–water partition coefficient (Wildman–Crippen LogP) is 1.12. The number of fused-ring (bicyclic) bond motifs is 3. The van der Waals surface area contributed by atoms with Crippen molar-refractivity contribution < 1.29 is 14.5 Å². The van der Waals surface area contributed by atoms with Gasteiger partial charge in [0.25, 0.3) is 11.2 Å². The Morgan fingerprint density at radius 2 is 2.00 bits per heavy atom. The summed E-state index contributed by atoms with van der Waals surface area (Å²) >= 11 is 0. The van der Waals surface area contributed by atoms with E-state index in [-0.39, 0.29) is 28.1 Å². The number of pyridine rings is 1. The number of benzene rings is 1. The predicted molar refractivity (Wildman–Crippen MR) is 91.9 cm³/mol. The number of carbonyl (C=O) groups is 1. The van der Waals surface area contributed by atoms with Gasteiger partial charge in [-0.1, -0.05) is 12.1 Å². The smallest absolute Gasteiger partial charge is 0.343 e. The summed E-state index contributed by atoms with van der Waals surface area (Å²) < 4.78 is 7.07. The number of ether oxygens (including phenoxy) is 1. The molecule has 0 bridgehead atoms. The molecule has 0 aliphatic carbocycles. The van der Waals surface area contributed by atoms with Gasteiger partial charge in [-0.25, -0.2) is 9.31 Å². The molecular formula is C16H10N6O5. The molecule has 0 fully saturated rings. The monoisotopic (exact) mass is 366 g/mol. The van der Waals surface area contributed by atoms with Crippen LogP contribution in [0.5, 0.6) is 0 Å². The molecule has 0 saturated carbocycles. The van der Waals surface area contributed by atoms with E-state index in [1.165, 1.54) is 48.3 Å². The zero-order valence-electron chi connectivity index (χ0n) is 13.8. The normalized spacial score (nSPS) is 11.0. The van der Waals surface area contributed by atoms with E-state index in [0.717, 1.165) is 4.57 Å². The average Bonchev–Trinajstić information content (AvgIpc) is 3.12. The molecule has 4 aromatic rings. The van der Waals surface area contributed by atoms with Gasteiger partial charge in [0.15, 0.2) is 11.2 Å². The van der Waals surface area contributed by atoms with E-state index in [4.69, 9.17) is 0 Å². The molecule has 0 saturated heterocycles. The Labute approximate surface area is 149 Å². The first-order valence-corrected chi connectivity index (χ1v) is 7.61. The number of para-hydroxylation sites is 2. The molecule has 0 atom stereocenters. The molecule has 27 heavy (non-hydrogen) atoms. The highest BCUT2D eigenvalue weighted by molar-refractivity contribution is 5.96. The zero-order valence-corrected chi connectivity index (χ0v) is 13.8. The summed E-state index contributed by atoms with van der Waals surface area (Å²) in [7, 11) is 1.23. The van der Waals surface area contributed by atoms with Gasteiger partial charge in [-0.2, -0.15) is 5.10 Å². The number of esters is 1. The first kappa shape index (κ1) is 16.3. The molecule has 134 valence electrons. The Bertz CT molecular complexity index is 1290. The van der Waals surface area contributed by atoms with Crippen molar-refractivity contribution in [2.24, 2.45) is 0 Å². The largest absolute Gasteiger partial charge is 0.465 e. The maximum Gasteiger partial charge on any atom is 0.343 e. The first-order chi connectivity index (χ1) is 13.0. The number of nitro benzene ring substituents is 1. The molecular weight excluding hydrogens is 356 g/mol. The van der Waals surface area contributed by atoms with E-state index in [1.807, 2.05) is 0 Å². The molecule has 0 spiro atoms. The second kappa shape index (κ2) is 5.98. The standard InChI is InChI=1S/C16H10N6O5/c1-27-16(24)9-8-17-21-12-6-7-20(15(23)13(12)18-19-14(9)21)10-4-2-3-5-11(10)22(25)26/h2-8H,1H3. The lowest BCUT2D eigenvalue weighted by molar-refractivity contribution is -0.384. The summed E-state index contributed by atoms with van der Waals surface area (Å²) in [6, 6.07) is 7.37. The van der Waals surface area contributed by atoms with Gasteiger partial charge in [-0.05, 0) is 12.1 Å². The van der Waals surface area contributed by atoms with Crippen molar-refractivity contribution in [3.63, 3.8) is 0 Å². The summed E-state index contributed by atoms with van der Waals surface area (Å²) in [5.74, 6) is -0.632. The van der Waals surface area contributed by atoms with Crippen LogP contribution in [-0.4, -0.2) is 42.4 Å². The van der Waals surface area contributed by atoms with Crippen LogP contribution in [-0.2, 0) is 4.74 Å². The third kappa shape index (κ3) is 2.40. The number of nitro groups is 1. The molecule has 4 rings (SSSR count). The van der Waals surface area contributed by atoms with Crippen LogP contribution in [0.1, 0.15) is 10.4 Å².